The third-order valence-electron chi connectivity index (χ3n) is 2.86. The van der Waals surface area contributed by atoms with Crippen LogP contribution in [0.15, 0.2) is 42.5 Å². The van der Waals surface area contributed by atoms with Gasteiger partial charge in [-0.15, -0.1) is 0 Å². The van der Waals surface area contributed by atoms with E-state index < -0.39 is 5.97 Å². The summed E-state index contributed by atoms with van der Waals surface area (Å²) in [6, 6.07) is 11.3. The number of benzene rings is 2. The number of rotatable bonds is 4. The Labute approximate surface area is 126 Å². The summed E-state index contributed by atoms with van der Waals surface area (Å²) in [5.74, 6) is -1.51. The number of carbonyl (C=O) groups is 2. The summed E-state index contributed by atoms with van der Waals surface area (Å²) in [4.78, 5) is 23.1. The Morgan fingerprint density at radius 2 is 1.90 bits per heavy atom. The summed E-state index contributed by atoms with van der Waals surface area (Å²) in [6.07, 6.45) is 0.0586. The standard InChI is InChI=1S/C15H13ClN2O3/c16-12-4-2-1-3-9(12)7-14(19)18-13-6-5-10(17)8-11(13)15(20)21/h1-6,8H,7,17H2,(H,18,19)(H,20,21). The van der Waals surface area contributed by atoms with Gasteiger partial charge in [0.15, 0.2) is 0 Å². The van der Waals surface area contributed by atoms with Crippen LogP contribution in [-0.2, 0) is 11.2 Å². The highest BCUT2D eigenvalue weighted by atomic mass is 35.5. The molecule has 0 aromatic heterocycles. The predicted molar refractivity (Wildman–Crippen MR) is 81.6 cm³/mol. The van der Waals surface area contributed by atoms with Gasteiger partial charge in [0.2, 0.25) is 5.91 Å². The highest BCUT2D eigenvalue weighted by Crippen LogP contribution is 2.20. The van der Waals surface area contributed by atoms with Crippen molar-refractivity contribution in [3.05, 3.63) is 58.6 Å². The van der Waals surface area contributed by atoms with Crippen molar-refractivity contribution in [2.24, 2.45) is 0 Å². The molecule has 0 saturated carbocycles. The van der Waals surface area contributed by atoms with Gasteiger partial charge >= 0.3 is 5.97 Å². The highest BCUT2D eigenvalue weighted by molar-refractivity contribution is 6.31. The number of amides is 1. The number of carboxylic acids is 1. The fourth-order valence-electron chi connectivity index (χ4n) is 1.86. The van der Waals surface area contributed by atoms with E-state index in [1.165, 1.54) is 18.2 Å². The molecule has 2 aromatic carbocycles. The van der Waals surface area contributed by atoms with Crippen LogP contribution in [0.3, 0.4) is 0 Å². The van der Waals surface area contributed by atoms with E-state index in [0.717, 1.165) is 0 Å². The molecular weight excluding hydrogens is 292 g/mol. The number of hydrogen-bond donors (Lipinski definition) is 3. The summed E-state index contributed by atoms with van der Waals surface area (Å²) in [7, 11) is 0. The van der Waals surface area contributed by atoms with Crippen molar-refractivity contribution in [2.75, 3.05) is 11.1 Å². The molecule has 1 amide bonds. The van der Waals surface area contributed by atoms with Crippen LogP contribution in [0.25, 0.3) is 0 Å². The van der Waals surface area contributed by atoms with Crippen molar-refractivity contribution >= 4 is 34.9 Å². The number of nitrogens with two attached hydrogens (primary N) is 1. The van der Waals surface area contributed by atoms with E-state index in [-0.39, 0.29) is 23.6 Å². The number of carboxylic acid groups (broad SMARTS) is 1. The molecule has 21 heavy (non-hydrogen) atoms. The second-order valence-electron chi connectivity index (χ2n) is 4.43. The molecule has 0 spiro atoms. The molecule has 0 aliphatic rings. The lowest BCUT2D eigenvalue weighted by Gasteiger charge is -2.10. The fourth-order valence-corrected chi connectivity index (χ4v) is 2.06. The number of carbonyl (C=O) groups excluding carboxylic acids is 1. The van der Waals surface area contributed by atoms with E-state index in [9.17, 15) is 9.59 Å². The molecule has 0 heterocycles. The molecule has 6 heteroatoms. The molecule has 4 N–H and O–H groups in total. The number of halogens is 1. The summed E-state index contributed by atoms with van der Waals surface area (Å²) < 4.78 is 0. The molecule has 0 bridgehead atoms. The first-order valence-corrected chi connectivity index (χ1v) is 6.51. The van der Waals surface area contributed by atoms with E-state index >= 15 is 0 Å². The molecule has 0 aliphatic heterocycles. The molecule has 108 valence electrons. The first-order chi connectivity index (χ1) is 9.97. The topological polar surface area (TPSA) is 92.4 Å². The van der Waals surface area contributed by atoms with Crippen LogP contribution in [0.4, 0.5) is 11.4 Å². The van der Waals surface area contributed by atoms with Crippen LogP contribution in [-0.4, -0.2) is 17.0 Å². The van der Waals surface area contributed by atoms with Gasteiger partial charge in [0.1, 0.15) is 0 Å². The second-order valence-corrected chi connectivity index (χ2v) is 4.83. The van der Waals surface area contributed by atoms with Crippen molar-refractivity contribution in [3.63, 3.8) is 0 Å². The smallest absolute Gasteiger partial charge is 0.337 e. The fraction of sp³-hybridized carbons (Fsp3) is 0.0667. The zero-order valence-electron chi connectivity index (χ0n) is 11.0. The van der Waals surface area contributed by atoms with Gasteiger partial charge in [-0.05, 0) is 29.8 Å². The zero-order chi connectivity index (χ0) is 15.4. The Kier molecular flexibility index (Phi) is 4.45. The molecule has 0 aliphatic carbocycles. The van der Waals surface area contributed by atoms with Gasteiger partial charge < -0.3 is 16.2 Å². The summed E-state index contributed by atoms with van der Waals surface area (Å²) >= 11 is 5.98. The first kappa shape index (κ1) is 14.9. The van der Waals surface area contributed by atoms with Crippen LogP contribution < -0.4 is 11.1 Å². The highest BCUT2D eigenvalue weighted by Gasteiger charge is 2.14. The Morgan fingerprint density at radius 3 is 2.57 bits per heavy atom. The van der Waals surface area contributed by atoms with Gasteiger partial charge in [0.25, 0.3) is 0 Å². The SMILES string of the molecule is Nc1ccc(NC(=O)Cc2ccccc2Cl)c(C(=O)O)c1. The number of aromatic carboxylic acids is 1. The van der Waals surface area contributed by atoms with Gasteiger partial charge in [0.05, 0.1) is 17.7 Å². The summed E-state index contributed by atoms with van der Waals surface area (Å²) in [5, 5.41) is 12.2. The van der Waals surface area contributed by atoms with E-state index in [1.807, 2.05) is 0 Å². The van der Waals surface area contributed by atoms with Crippen molar-refractivity contribution < 1.29 is 14.7 Å². The number of anilines is 2. The molecule has 5 nitrogen and oxygen atoms in total. The number of nitrogen functional groups attached to an aromatic ring is 1. The van der Waals surface area contributed by atoms with Gasteiger partial charge in [-0.3, -0.25) is 4.79 Å². The second kappa shape index (κ2) is 6.28. The lowest BCUT2D eigenvalue weighted by Crippen LogP contribution is -2.17. The maximum atomic E-state index is 12.0. The third kappa shape index (κ3) is 3.73. The van der Waals surface area contributed by atoms with Crippen LogP contribution in [0, 0.1) is 0 Å². The Morgan fingerprint density at radius 1 is 1.19 bits per heavy atom. The minimum Gasteiger partial charge on any atom is -0.478 e. The Bertz CT molecular complexity index is 701. The van der Waals surface area contributed by atoms with Gasteiger partial charge in [-0.1, -0.05) is 29.8 Å². The summed E-state index contributed by atoms with van der Waals surface area (Å²) in [5.41, 5.74) is 6.68. The normalized spacial score (nSPS) is 10.1. The van der Waals surface area contributed by atoms with Crippen LogP contribution >= 0.6 is 11.6 Å². The van der Waals surface area contributed by atoms with Crippen LogP contribution in [0.2, 0.25) is 5.02 Å². The molecular formula is C15H13ClN2O3. The van der Waals surface area contributed by atoms with Crippen LogP contribution in [0.1, 0.15) is 15.9 Å². The van der Waals surface area contributed by atoms with Gasteiger partial charge in [-0.2, -0.15) is 0 Å². The molecule has 2 rings (SSSR count). The number of hydrogen-bond acceptors (Lipinski definition) is 3. The maximum absolute atomic E-state index is 12.0. The first-order valence-electron chi connectivity index (χ1n) is 6.13. The van der Waals surface area contributed by atoms with Crippen LogP contribution in [0.5, 0.6) is 0 Å². The van der Waals surface area contributed by atoms with Crippen molar-refractivity contribution in [1.29, 1.82) is 0 Å². The van der Waals surface area contributed by atoms with Crippen molar-refractivity contribution in [3.8, 4) is 0 Å². The molecule has 0 fully saturated rings. The molecule has 2 aromatic rings. The largest absolute Gasteiger partial charge is 0.478 e. The Balaban J connectivity index is 2.17. The van der Waals surface area contributed by atoms with E-state index in [2.05, 4.69) is 5.32 Å². The minimum absolute atomic E-state index is 0.0532. The quantitative estimate of drug-likeness (QED) is 0.757. The molecule has 0 unspecified atom stereocenters. The lowest BCUT2D eigenvalue weighted by atomic mass is 10.1. The number of nitrogens with one attached hydrogen (secondary N) is 1. The van der Waals surface area contributed by atoms with E-state index in [4.69, 9.17) is 22.4 Å². The van der Waals surface area contributed by atoms with E-state index in [0.29, 0.717) is 16.3 Å². The van der Waals surface area contributed by atoms with Crippen molar-refractivity contribution in [2.45, 2.75) is 6.42 Å². The monoisotopic (exact) mass is 304 g/mol. The van der Waals surface area contributed by atoms with Gasteiger partial charge in [-0.25, -0.2) is 4.79 Å². The maximum Gasteiger partial charge on any atom is 0.337 e. The Hall–Kier alpha value is -2.53. The molecule has 0 atom stereocenters. The molecule has 0 radical (unpaired) electrons. The average molecular weight is 305 g/mol. The molecule has 0 saturated heterocycles. The predicted octanol–water partition coefficient (Wildman–Crippen LogP) is 2.80. The van der Waals surface area contributed by atoms with E-state index in [1.54, 1.807) is 24.3 Å². The minimum atomic E-state index is -1.16. The van der Waals surface area contributed by atoms with Gasteiger partial charge in [0, 0.05) is 10.7 Å². The average Bonchev–Trinajstić information content (AvgIpc) is 2.43. The summed E-state index contributed by atoms with van der Waals surface area (Å²) in [6.45, 7) is 0. The van der Waals surface area contributed by atoms with Crippen molar-refractivity contribution in [1.82, 2.24) is 0 Å². The lowest BCUT2D eigenvalue weighted by molar-refractivity contribution is -0.115. The zero-order valence-corrected chi connectivity index (χ0v) is 11.7. The third-order valence-corrected chi connectivity index (χ3v) is 3.23.